The molecule has 0 aliphatic rings. The normalized spacial score (nSPS) is 12.1. The Bertz CT molecular complexity index is 1320. The van der Waals surface area contributed by atoms with Gasteiger partial charge in [-0.2, -0.15) is 13.2 Å². The predicted octanol–water partition coefficient (Wildman–Crippen LogP) is 3.63. The number of nitrogens with zero attached hydrogens (tertiary/aromatic N) is 4. The molecule has 0 radical (unpaired) electrons. The number of para-hydroxylation sites is 4. The molecule has 162 valence electrons. The summed E-state index contributed by atoms with van der Waals surface area (Å²) < 4.78 is 42.2. The highest BCUT2D eigenvalue weighted by atomic mass is 19.4. The summed E-state index contributed by atoms with van der Waals surface area (Å²) in [7, 11) is 0. The number of hydrogen-bond donors (Lipinski definition) is 1. The molecular formula is C21H19F3N4O3. The minimum absolute atomic E-state index is 0.00661. The van der Waals surface area contributed by atoms with Gasteiger partial charge in [-0.1, -0.05) is 24.3 Å². The summed E-state index contributed by atoms with van der Waals surface area (Å²) in [5.41, 5.74) is 1.78. The molecule has 2 aromatic carbocycles. The van der Waals surface area contributed by atoms with Crippen LogP contribution in [-0.4, -0.2) is 35.9 Å². The minimum atomic E-state index is -4.25. The zero-order valence-electron chi connectivity index (χ0n) is 16.3. The molecule has 0 aliphatic carbocycles. The number of benzene rings is 2. The van der Waals surface area contributed by atoms with Gasteiger partial charge in [0.2, 0.25) is 0 Å². The maximum Gasteiger partial charge on any atom is 0.389 e. The average molecular weight is 432 g/mol. The molecule has 7 nitrogen and oxygen atoms in total. The lowest BCUT2D eigenvalue weighted by Crippen LogP contribution is -2.28. The smallest absolute Gasteiger partial charge is 0.389 e. The summed E-state index contributed by atoms with van der Waals surface area (Å²) in [6, 6.07) is 13.9. The van der Waals surface area contributed by atoms with E-state index in [9.17, 15) is 27.9 Å². The van der Waals surface area contributed by atoms with Crippen molar-refractivity contribution in [3.8, 4) is 0 Å². The van der Waals surface area contributed by atoms with Crippen molar-refractivity contribution < 1.29 is 23.1 Å². The summed E-state index contributed by atoms with van der Waals surface area (Å²) >= 11 is 0. The summed E-state index contributed by atoms with van der Waals surface area (Å²) in [4.78, 5) is 28.7. The predicted molar refractivity (Wildman–Crippen MR) is 108 cm³/mol. The van der Waals surface area contributed by atoms with Gasteiger partial charge in [0.1, 0.15) is 12.4 Å². The number of hydrogen-bond acceptors (Lipinski definition) is 3. The highest BCUT2D eigenvalue weighted by Crippen LogP contribution is 2.24. The Hall–Kier alpha value is -3.56. The zero-order valence-corrected chi connectivity index (χ0v) is 16.3. The van der Waals surface area contributed by atoms with Gasteiger partial charge < -0.3 is 9.67 Å². The van der Waals surface area contributed by atoms with Gasteiger partial charge in [0, 0.05) is 13.0 Å². The monoisotopic (exact) mass is 432 g/mol. The number of aromatic nitrogens is 4. The zero-order chi connectivity index (χ0) is 22.2. The van der Waals surface area contributed by atoms with E-state index in [-0.39, 0.29) is 19.5 Å². The van der Waals surface area contributed by atoms with Crippen LogP contribution in [0.5, 0.6) is 0 Å². The van der Waals surface area contributed by atoms with Gasteiger partial charge in [-0.05, 0) is 30.7 Å². The molecule has 4 rings (SSSR count). The molecule has 1 N–H and O–H groups in total. The Kier molecular flexibility index (Phi) is 5.30. The summed E-state index contributed by atoms with van der Waals surface area (Å²) in [6.45, 7) is -0.390. The van der Waals surface area contributed by atoms with Crippen LogP contribution in [0.1, 0.15) is 18.7 Å². The second-order valence-corrected chi connectivity index (χ2v) is 7.22. The number of imidazole rings is 2. The molecule has 0 aliphatic heterocycles. The number of alkyl halides is 3. The molecule has 0 unspecified atom stereocenters. The minimum Gasteiger partial charge on any atom is -0.480 e. The third-order valence-electron chi connectivity index (χ3n) is 5.09. The van der Waals surface area contributed by atoms with E-state index < -0.39 is 30.8 Å². The molecule has 4 aromatic rings. The SMILES string of the molecule is O=C(O)Cn1c(=O)n(Cc2nc3ccccc3n2CCCC(F)(F)F)c2ccccc21. The molecule has 0 atom stereocenters. The summed E-state index contributed by atoms with van der Waals surface area (Å²) in [6.07, 6.45) is -5.29. The van der Waals surface area contributed by atoms with E-state index in [1.807, 2.05) is 0 Å². The van der Waals surface area contributed by atoms with Crippen LogP contribution in [0.2, 0.25) is 0 Å². The number of fused-ring (bicyclic) bond motifs is 2. The van der Waals surface area contributed by atoms with Crippen LogP contribution in [0.15, 0.2) is 53.3 Å². The second kappa shape index (κ2) is 7.93. The number of aliphatic carboxylic acids is 1. The Morgan fingerprint density at radius 1 is 0.935 bits per heavy atom. The quantitative estimate of drug-likeness (QED) is 0.484. The molecule has 0 bridgehead atoms. The number of carbonyl (C=O) groups is 1. The van der Waals surface area contributed by atoms with Crippen LogP contribution >= 0.6 is 0 Å². The van der Waals surface area contributed by atoms with Crippen LogP contribution < -0.4 is 5.69 Å². The summed E-state index contributed by atoms with van der Waals surface area (Å²) in [5.74, 6) is -0.715. The van der Waals surface area contributed by atoms with Crippen molar-refractivity contribution >= 4 is 28.0 Å². The number of halogens is 3. The van der Waals surface area contributed by atoms with E-state index in [1.54, 1.807) is 53.1 Å². The second-order valence-electron chi connectivity index (χ2n) is 7.22. The van der Waals surface area contributed by atoms with Crippen LogP contribution in [0.25, 0.3) is 22.1 Å². The highest BCUT2D eigenvalue weighted by Gasteiger charge is 2.26. The van der Waals surface area contributed by atoms with Crippen molar-refractivity contribution in [3.63, 3.8) is 0 Å². The first-order valence-corrected chi connectivity index (χ1v) is 9.65. The van der Waals surface area contributed by atoms with Crippen molar-refractivity contribution in [2.75, 3.05) is 0 Å². The fourth-order valence-corrected chi connectivity index (χ4v) is 3.79. The first kappa shape index (κ1) is 20.7. The van der Waals surface area contributed by atoms with Crippen LogP contribution in [-0.2, 0) is 24.4 Å². The number of carboxylic acid groups (broad SMARTS) is 1. The maximum absolute atomic E-state index is 13.0. The third-order valence-corrected chi connectivity index (χ3v) is 5.09. The molecule has 0 saturated carbocycles. The van der Waals surface area contributed by atoms with E-state index in [4.69, 9.17) is 0 Å². The fraction of sp³-hybridized carbons (Fsp3) is 0.286. The third kappa shape index (κ3) is 4.18. The molecule has 10 heteroatoms. The molecule has 2 aromatic heterocycles. The number of aryl methyl sites for hydroxylation is 1. The molecule has 31 heavy (non-hydrogen) atoms. The lowest BCUT2D eigenvalue weighted by atomic mass is 10.2. The van der Waals surface area contributed by atoms with Crippen molar-refractivity contribution in [1.82, 2.24) is 18.7 Å². The van der Waals surface area contributed by atoms with Gasteiger partial charge in [-0.3, -0.25) is 13.9 Å². The topological polar surface area (TPSA) is 82.0 Å². The van der Waals surface area contributed by atoms with Crippen molar-refractivity contribution in [2.24, 2.45) is 0 Å². The molecular weight excluding hydrogens is 413 g/mol. The van der Waals surface area contributed by atoms with E-state index in [1.165, 1.54) is 4.57 Å². The van der Waals surface area contributed by atoms with Gasteiger partial charge in [0.25, 0.3) is 0 Å². The van der Waals surface area contributed by atoms with E-state index in [0.717, 1.165) is 4.57 Å². The summed E-state index contributed by atoms with van der Waals surface area (Å²) in [5, 5.41) is 9.17. The average Bonchev–Trinajstić information content (AvgIpc) is 3.18. The highest BCUT2D eigenvalue weighted by molar-refractivity contribution is 5.79. The van der Waals surface area contributed by atoms with Crippen LogP contribution in [0, 0.1) is 0 Å². The molecule has 0 amide bonds. The van der Waals surface area contributed by atoms with E-state index in [0.29, 0.717) is 27.9 Å². The Labute approximate surface area is 174 Å². The van der Waals surface area contributed by atoms with Crippen LogP contribution in [0.3, 0.4) is 0 Å². The molecule has 2 heterocycles. The molecule has 0 saturated heterocycles. The van der Waals surface area contributed by atoms with Crippen molar-refractivity contribution in [1.29, 1.82) is 0 Å². The van der Waals surface area contributed by atoms with Gasteiger partial charge >= 0.3 is 17.8 Å². The van der Waals surface area contributed by atoms with Gasteiger partial charge in [0.15, 0.2) is 0 Å². The van der Waals surface area contributed by atoms with Crippen molar-refractivity contribution in [2.45, 2.75) is 38.7 Å². The van der Waals surface area contributed by atoms with Crippen LogP contribution in [0.4, 0.5) is 13.2 Å². The standard InChI is InChI=1S/C21H19F3N4O3/c22-21(23,24)10-5-11-26-15-7-2-1-6-14(15)25-18(26)12-27-16-8-3-4-9-17(16)28(20(27)31)13-19(29)30/h1-4,6-9H,5,10-13H2,(H,29,30). The van der Waals surface area contributed by atoms with Crippen molar-refractivity contribution in [3.05, 3.63) is 64.8 Å². The Morgan fingerprint density at radius 2 is 1.55 bits per heavy atom. The lowest BCUT2D eigenvalue weighted by molar-refractivity contribution is -0.138. The number of carboxylic acids is 1. The molecule has 0 spiro atoms. The van der Waals surface area contributed by atoms with E-state index >= 15 is 0 Å². The van der Waals surface area contributed by atoms with E-state index in [2.05, 4.69) is 4.98 Å². The Balaban J connectivity index is 1.78. The molecule has 0 fully saturated rings. The van der Waals surface area contributed by atoms with Gasteiger partial charge in [0.05, 0.1) is 28.6 Å². The first-order chi connectivity index (χ1) is 14.7. The largest absolute Gasteiger partial charge is 0.480 e. The van der Waals surface area contributed by atoms with Gasteiger partial charge in [-0.25, -0.2) is 9.78 Å². The maximum atomic E-state index is 13.0. The van der Waals surface area contributed by atoms with Gasteiger partial charge in [-0.15, -0.1) is 0 Å². The Morgan fingerprint density at radius 3 is 2.19 bits per heavy atom. The first-order valence-electron chi connectivity index (χ1n) is 9.65. The lowest BCUT2D eigenvalue weighted by Gasteiger charge is -2.11. The number of rotatable bonds is 7. The fourth-order valence-electron chi connectivity index (χ4n) is 3.79.